The first-order valence-electron chi connectivity index (χ1n) is 6.09. The summed E-state index contributed by atoms with van der Waals surface area (Å²) in [6.07, 6.45) is 1.59. The van der Waals surface area contributed by atoms with Gasteiger partial charge >= 0.3 is 0 Å². The molecule has 106 valence electrons. The minimum atomic E-state index is -0.286. The minimum Gasteiger partial charge on any atom is -0.351 e. The maximum atomic E-state index is 12.8. The van der Waals surface area contributed by atoms with Gasteiger partial charge in [0.15, 0.2) is 5.16 Å². The monoisotopic (exact) mass is 294 g/mol. The van der Waals surface area contributed by atoms with Crippen molar-refractivity contribution in [3.8, 4) is 0 Å². The van der Waals surface area contributed by atoms with Crippen molar-refractivity contribution in [3.05, 3.63) is 42.0 Å². The normalized spacial score (nSPS) is 12.2. The van der Waals surface area contributed by atoms with Crippen LogP contribution in [-0.4, -0.2) is 25.9 Å². The average molecular weight is 294 g/mol. The van der Waals surface area contributed by atoms with Crippen LogP contribution in [0.25, 0.3) is 0 Å². The molecule has 20 heavy (non-hydrogen) atoms. The Hall–Kier alpha value is -1.89. The van der Waals surface area contributed by atoms with Crippen LogP contribution in [-0.2, 0) is 18.4 Å². The minimum absolute atomic E-state index is 0.0951. The van der Waals surface area contributed by atoms with E-state index in [-0.39, 0.29) is 17.0 Å². The molecule has 0 aliphatic heterocycles. The Morgan fingerprint density at radius 1 is 1.45 bits per heavy atom. The van der Waals surface area contributed by atoms with Crippen molar-refractivity contribution in [2.24, 2.45) is 7.05 Å². The molecule has 0 saturated carbocycles. The Morgan fingerprint density at radius 3 is 2.75 bits per heavy atom. The van der Waals surface area contributed by atoms with E-state index in [1.807, 2.05) is 7.05 Å². The molecular formula is C13H15FN4OS. The van der Waals surface area contributed by atoms with Gasteiger partial charge in [0.25, 0.3) is 0 Å². The number of aromatic nitrogens is 3. The van der Waals surface area contributed by atoms with Gasteiger partial charge in [-0.15, -0.1) is 10.2 Å². The van der Waals surface area contributed by atoms with E-state index in [0.717, 1.165) is 5.56 Å². The van der Waals surface area contributed by atoms with Gasteiger partial charge < -0.3 is 9.88 Å². The van der Waals surface area contributed by atoms with Crippen molar-refractivity contribution >= 4 is 17.7 Å². The quantitative estimate of drug-likeness (QED) is 0.854. The summed E-state index contributed by atoms with van der Waals surface area (Å²) < 4.78 is 14.5. The van der Waals surface area contributed by atoms with Gasteiger partial charge in [-0.3, -0.25) is 4.79 Å². The summed E-state index contributed by atoms with van der Waals surface area (Å²) >= 11 is 1.34. The van der Waals surface area contributed by atoms with Crippen LogP contribution < -0.4 is 5.32 Å². The van der Waals surface area contributed by atoms with E-state index in [9.17, 15) is 9.18 Å². The molecule has 0 aliphatic carbocycles. The number of carbonyl (C=O) groups is 1. The molecule has 1 atom stereocenters. The molecule has 0 bridgehead atoms. The van der Waals surface area contributed by atoms with Crippen LogP contribution >= 0.6 is 11.8 Å². The molecule has 0 aliphatic rings. The molecule has 0 unspecified atom stereocenters. The molecule has 1 amide bonds. The summed E-state index contributed by atoms with van der Waals surface area (Å²) in [5, 5.41) is 10.9. The summed E-state index contributed by atoms with van der Waals surface area (Å²) in [6, 6.07) is 6.05. The van der Waals surface area contributed by atoms with Crippen molar-refractivity contribution in [2.75, 3.05) is 0 Å². The van der Waals surface area contributed by atoms with Crippen LogP contribution in [0.1, 0.15) is 12.5 Å². The highest BCUT2D eigenvalue weighted by Crippen LogP contribution is 2.19. The summed E-state index contributed by atoms with van der Waals surface area (Å²) in [6.45, 7) is 2.18. The SMILES string of the molecule is C[C@H](Sc1nncn1C)C(=O)NCc1ccc(F)cc1. The molecule has 5 nitrogen and oxygen atoms in total. The van der Waals surface area contributed by atoms with Gasteiger partial charge in [-0.05, 0) is 24.6 Å². The summed E-state index contributed by atoms with van der Waals surface area (Å²) in [5.74, 6) is -0.381. The molecule has 1 heterocycles. The second-order valence-corrected chi connectivity index (χ2v) is 5.64. The first-order chi connectivity index (χ1) is 9.56. The maximum absolute atomic E-state index is 12.8. The summed E-state index contributed by atoms with van der Waals surface area (Å²) in [5.41, 5.74) is 0.857. The second kappa shape index (κ2) is 6.51. The summed E-state index contributed by atoms with van der Waals surface area (Å²) in [4.78, 5) is 12.0. The van der Waals surface area contributed by atoms with Crippen LogP contribution in [0.15, 0.2) is 35.7 Å². The Bertz CT molecular complexity index is 584. The third kappa shape index (κ3) is 3.80. The van der Waals surface area contributed by atoms with E-state index < -0.39 is 0 Å². The lowest BCUT2D eigenvalue weighted by Gasteiger charge is -2.11. The van der Waals surface area contributed by atoms with Crippen LogP contribution in [0.3, 0.4) is 0 Å². The number of benzene rings is 1. The van der Waals surface area contributed by atoms with Crippen molar-refractivity contribution < 1.29 is 9.18 Å². The highest BCUT2D eigenvalue weighted by Gasteiger charge is 2.16. The fraction of sp³-hybridized carbons (Fsp3) is 0.308. The third-order valence-electron chi connectivity index (χ3n) is 2.70. The molecule has 7 heteroatoms. The Kier molecular flexibility index (Phi) is 4.73. The van der Waals surface area contributed by atoms with Gasteiger partial charge in [0.2, 0.25) is 5.91 Å². The fourth-order valence-electron chi connectivity index (χ4n) is 1.53. The van der Waals surface area contributed by atoms with E-state index in [0.29, 0.717) is 11.7 Å². The number of nitrogens with zero attached hydrogens (tertiary/aromatic N) is 3. The number of hydrogen-bond acceptors (Lipinski definition) is 4. The molecule has 1 aromatic carbocycles. The lowest BCUT2D eigenvalue weighted by molar-refractivity contribution is -0.120. The van der Waals surface area contributed by atoms with Crippen LogP contribution in [0.2, 0.25) is 0 Å². The average Bonchev–Trinajstić information content (AvgIpc) is 2.83. The number of nitrogens with one attached hydrogen (secondary N) is 1. The molecule has 2 rings (SSSR count). The van der Waals surface area contributed by atoms with Gasteiger partial charge in [-0.2, -0.15) is 0 Å². The van der Waals surface area contributed by atoms with E-state index in [4.69, 9.17) is 0 Å². The lowest BCUT2D eigenvalue weighted by Crippen LogP contribution is -2.30. The molecule has 0 spiro atoms. The predicted octanol–water partition coefficient (Wildman–Crippen LogP) is 1.75. The Labute approximate surface area is 120 Å². The highest BCUT2D eigenvalue weighted by molar-refractivity contribution is 8.00. The van der Waals surface area contributed by atoms with E-state index in [1.54, 1.807) is 30.0 Å². The zero-order valence-electron chi connectivity index (χ0n) is 11.2. The topological polar surface area (TPSA) is 59.8 Å². The summed E-state index contributed by atoms with van der Waals surface area (Å²) in [7, 11) is 1.82. The van der Waals surface area contributed by atoms with Crippen LogP contribution in [0, 0.1) is 5.82 Å². The van der Waals surface area contributed by atoms with Crippen LogP contribution in [0.5, 0.6) is 0 Å². The smallest absolute Gasteiger partial charge is 0.233 e. The van der Waals surface area contributed by atoms with Gasteiger partial charge in [-0.1, -0.05) is 23.9 Å². The van der Waals surface area contributed by atoms with Crippen molar-refractivity contribution in [1.29, 1.82) is 0 Å². The molecular weight excluding hydrogens is 279 g/mol. The van der Waals surface area contributed by atoms with E-state index in [1.165, 1.54) is 23.9 Å². The maximum Gasteiger partial charge on any atom is 0.233 e. The zero-order valence-corrected chi connectivity index (χ0v) is 12.0. The fourth-order valence-corrected chi connectivity index (χ4v) is 2.34. The number of amides is 1. The molecule has 0 fully saturated rings. The standard InChI is InChI=1S/C13H15FN4OS/c1-9(20-13-17-16-8-18(13)2)12(19)15-7-10-3-5-11(14)6-4-10/h3-6,8-9H,7H2,1-2H3,(H,15,19)/t9-/m0/s1. The molecule has 1 N–H and O–H groups in total. The van der Waals surface area contributed by atoms with Gasteiger partial charge in [0.05, 0.1) is 5.25 Å². The third-order valence-corrected chi connectivity index (χ3v) is 3.85. The lowest BCUT2D eigenvalue weighted by atomic mass is 10.2. The molecule has 0 radical (unpaired) electrons. The van der Waals surface area contributed by atoms with Crippen molar-refractivity contribution in [2.45, 2.75) is 23.9 Å². The Morgan fingerprint density at radius 2 is 2.15 bits per heavy atom. The number of thioether (sulfide) groups is 1. The number of rotatable bonds is 5. The van der Waals surface area contributed by atoms with Gasteiger partial charge in [0, 0.05) is 13.6 Å². The number of halogens is 1. The van der Waals surface area contributed by atoms with Crippen LogP contribution in [0.4, 0.5) is 4.39 Å². The second-order valence-electron chi connectivity index (χ2n) is 4.33. The first kappa shape index (κ1) is 14.5. The largest absolute Gasteiger partial charge is 0.351 e. The van der Waals surface area contributed by atoms with E-state index >= 15 is 0 Å². The van der Waals surface area contributed by atoms with Crippen molar-refractivity contribution in [3.63, 3.8) is 0 Å². The van der Waals surface area contributed by atoms with E-state index in [2.05, 4.69) is 15.5 Å². The zero-order chi connectivity index (χ0) is 14.5. The molecule has 1 aromatic heterocycles. The first-order valence-corrected chi connectivity index (χ1v) is 6.97. The highest BCUT2D eigenvalue weighted by atomic mass is 32.2. The molecule has 2 aromatic rings. The molecule has 0 saturated heterocycles. The van der Waals surface area contributed by atoms with Gasteiger partial charge in [-0.25, -0.2) is 4.39 Å². The number of hydrogen-bond donors (Lipinski definition) is 1. The predicted molar refractivity (Wildman–Crippen MR) is 74.6 cm³/mol. The van der Waals surface area contributed by atoms with Gasteiger partial charge in [0.1, 0.15) is 12.1 Å². The number of aryl methyl sites for hydroxylation is 1. The Balaban J connectivity index is 1.85. The van der Waals surface area contributed by atoms with Crippen molar-refractivity contribution in [1.82, 2.24) is 20.1 Å². The number of carbonyl (C=O) groups excluding carboxylic acids is 1.